The molecule has 1 fully saturated rings. The van der Waals surface area contributed by atoms with E-state index in [9.17, 15) is 9.59 Å². The molecule has 0 aromatic carbocycles. The number of aromatic nitrogens is 2. The molecule has 0 atom stereocenters. The molecule has 0 radical (unpaired) electrons. The third-order valence-corrected chi connectivity index (χ3v) is 7.00. The number of nitrogens with zero attached hydrogens (tertiary/aromatic N) is 4. The highest BCUT2D eigenvalue weighted by molar-refractivity contribution is 7.23. The minimum Gasteiger partial charge on any atom is -0.339 e. The molecule has 1 aliphatic rings. The van der Waals surface area contributed by atoms with E-state index in [0.29, 0.717) is 32.6 Å². The van der Waals surface area contributed by atoms with Gasteiger partial charge in [-0.15, -0.1) is 22.7 Å². The quantitative estimate of drug-likeness (QED) is 0.602. The third-order valence-electron chi connectivity index (χ3n) is 4.71. The van der Waals surface area contributed by atoms with Gasteiger partial charge in [0.25, 0.3) is 0 Å². The molecule has 29 heavy (non-hydrogen) atoms. The van der Waals surface area contributed by atoms with Crippen LogP contribution in [-0.2, 0) is 22.4 Å². The van der Waals surface area contributed by atoms with Crippen molar-refractivity contribution in [1.29, 1.82) is 0 Å². The fourth-order valence-electron chi connectivity index (χ4n) is 3.17. The summed E-state index contributed by atoms with van der Waals surface area (Å²) in [6, 6.07) is 9.35. The number of thiophene rings is 1. The van der Waals surface area contributed by atoms with Gasteiger partial charge in [-0.05, 0) is 24.3 Å². The number of hydrogen-bond donors (Lipinski definition) is 0. The predicted octanol–water partition coefficient (Wildman–Crippen LogP) is 3.38. The van der Waals surface area contributed by atoms with Crippen LogP contribution < -0.4 is 0 Å². The van der Waals surface area contributed by atoms with Crippen molar-refractivity contribution in [2.75, 3.05) is 26.2 Å². The lowest BCUT2D eigenvalue weighted by Gasteiger charge is -2.34. The molecular formula is C20H19ClN4O2S2. The van der Waals surface area contributed by atoms with Crippen LogP contribution >= 0.6 is 34.3 Å². The number of hydrogen-bond acceptors (Lipinski definition) is 6. The van der Waals surface area contributed by atoms with Crippen molar-refractivity contribution in [1.82, 2.24) is 19.8 Å². The summed E-state index contributed by atoms with van der Waals surface area (Å²) in [5, 5.41) is 2.81. The standard InChI is InChI=1S/C20H19ClN4O2S2/c21-17-5-4-16(29-17)20-23-15(13-28-20)12-19(27)25-9-7-24(8-10-25)18(26)11-14-3-1-2-6-22-14/h1-6,13H,7-12H2. The maximum atomic E-state index is 12.6. The lowest BCUT2D eigenvalue weighted by molar-refractivity contribution is -0.138. The summed E-state index contributed by atoms with van der Waals surface area (Å²) in [5.41, 5.74) is 1.54. The van der Waals surface area contributed by atoms with Crippen LogP contribution in [0.1, 0.15) is 11.4 Å². The minimum atomic E-state index is 0.0443. The molecule has 4 heterocycles. The first-order valence-corrected chi connectivity index (χ1v) is 11.3. The maximum Gasteiger partial charge on any atom is 0.228 e. The van der Waals surface area contributed by atoms with Gasteiger partial charge in [-0.1, -0.05) is 17.7 Å². The molecule has 3 aromatic rings. The number of rotatable bonds is 5. The Labute approximate surface area is 181 Å². The van der Waals surface area contributed by atoms with Gasteiger partial charge in [0.15, 0.2) is 0 Å². The number of thiazole rings is 1. The average Bonchev–Trinajstić information content (AvgIpc) is 3.37. The molecule has 150 valence electrons. The normalized spacial score (nSPS) is 14.2. The molecule has 2 amide bonds. The van der Waals surface area contributed by atoms with Crippen molar-refractivity contribution < 1.29 is 9.59 Å². The van der Waals surface area contributed by atoms with Crippen molar-refractivity contribution in [2.45, 2.75) is 12.8 Å². The van der Waals surface area contributed by atoms with Gasteiger partial charge in [0.05, 0.1) is 27.7 Å². The van der Waals surface area contributed by atoms with Gasteiger partial charge in [0.1, 0.15) is 5.01 Å². The van der Waals surface area contributed by atoms with Crippen molar-refractivity contribution in [3.05, 3.63) is 57.6 Å². The van der Waals surface area contributed by atoms with E-state index >= 15 is 0 Å². The second kappa shape index (κ2) is 9.02. The van der Waals surface area contributed by atoms with Crippen LogP contribution in [0.15, 0.2) is 41.9 Å². The van der Waals surface area contributed by atoms with Crippen molar-refractivity contribution in [3.8, 4) is 9.88 Å². The Balaban J connectivity index is 1.28. The molecule has 3 aromatic heterocycles. The summed E-state index contributed by atoms with van der Waals surface area (Å²) in [7, 11) is 0. The zero-order valence-electron chi connectivity index (χ0n) is 15.6. The zero-order chi connectivity index (χ0) is 20.2. The maximum absolute atomic E-state index is 12.6. The smallest absolute Gasteiger partial charge is 0.228 e. The highest BCUT2D eigenvalue weighted by atomic mass is 35.5. The van der Waals surface area contributed by atoms with Crippen LogP contribution in [0.2, 0.25) is 4.34 Å². The van der Waals surface area contributed by atoms with E-state index in [-0.39, 0.29) is 18.2 Å². The molecule has 0 aliphatic carbocycles. The van der Waals surface area contributed by atoms with Gasteiger partial charge in [-0.2, -0.15) is 0 Å². The number of piperazine rings is 1. The molecule has 1 aliphatic heterocycles. The Hall–Kier alpha value is -2.29. The molecule has 0 spiro atoms. The fourth-order valence-corrected chi connectivity index (χ4v) is 5.11. The SMILES string of the molecule is O=C(Cc1ccccn1)N1CCN(C(=O)Cc2csc(-c3ccc(Cl)s3)n2)CC1. The number of carbonyl (C=O) groups excluding carboxylic acids is 2. The van der Waals surface area contributed by atoms with E-state index in [1.807, 2.05) is 40.6 Å². The second-order valence-electron chi connectivity index (χ2n) is 6.68. The highest BCUT2D eigenvalue weighted by Crippen LogP contribution is 2.33. The zero-order valence-corrected chi connectivity index (χ0v) is 18.0. The van der Waals surface area contributed by atoms with E-state index in [1.54, 1.807) is 11.1 Å². The van der Waals surface area contributed by atoms with Crippen LogP contribution in [-0.4, -0.2) is 57.8 Å². The second-order valence-corrected chi connectivity index (χ2v) is 9.26. The van der Waals surface area contributed by atoms with E-state index in [1.165, 1.54) is 22.7 Å². The summed E-state index contributed by atoms with van der Waals surface area (Å²) in [5.74, 6) is 0.0948. The Morgan fingerprint density at radius 2 is 1.66 bits per heavy atom. The van der Waals surface area contributed by atoms with Gasteiger partial charge in [0.2, 0.25) is 11.8 Å². The van der Waals surface area contributed by atoms with Gasteiger partial charge in [0, 0.05) is 43.4 Å². The predicted molar refractivity (Wildman–Crippen MR) is 115 cm³/mol. The molecule has 0 unspecified atom stereocenters. The first-order valence-electron chi connectivity index (χ1n) is 9.24. The topological polar surface area (TPSA) is 66.4 Å². The highest BCUT2D eigenvalue weighted by Gasteiger charge is 2.25. The number of halogens is 1. The van der Waals surface area contributed by atoms with Gasteiger partial charge >= 0.3 is 0 Å². The van der Waals surface area contributed by atoms with E-state index < -0.39 is 0 Å². The number of pyridine rings is 1. The summed E-state index contributed by atoms with van der Waals surface area (Å²) < 4.78 is 0.725. The summed E-state index contributed by atoms with van der Waals surface area (Å²) in [6.07, 6.45) is 2.26. The molecular weight excluding hydrogens is 428 g/mol. The van der Waals surface area contributed by atoms with Crippen molar-refractivity contribution in [2.24, 2.45) is 0 Å². The third kappa shape index (κ3) is 5.01. The Morgan fingerprint density at radius 1 is 0.966 bits per heavy atom. The summed E-state index contributed by atoms with van der Waals surface area (Å²) in [6.45, 7) is 2.19. The Morgan fingerprint density at radius 3 is 2.24 bits per heavy atom. The van der Waals surface area contributed by atoms with Crippen LogP contribution in [0.4, 0.5) is 0 Å². The first-order chi connectivity index (χ1) is 14.1. The van der Waals surface area contributed by atoms with E-state index in [0.717, 1.165) is 25.6 Å². The van der Waals surface area contributed by atoms with Gasteiger partial charge < -0.3 is 9.80 Å². The van der Waals surface area contributed by atoms with Crippen molar-refractivity contribution in [3.63, 3.8) is 0 Å². The largest absolute Gasteiger partial charge is 0.339 e. The summed E-state index contributed by atoms with van der Waals surface area (Å²) in [4.78, 5) is 38.5. The Kier molecular flexibility index (Phi) is 6.22. The monoisotopic (exact) mass is 446 g/mol. The van der Waals surface area contributed by atoms with Crippen LogP contribution in [0.5, 0.6) is 0 Å². The lowest BCUT2D eigenvalue weighted by Crippen LogP contribution is -2.51. The van der Waals surface area contributed by atoms with Crippen molar-refractivity contribution >= 4 is 46.1 Å². The molecule has 9 heteroatoms. The van der Waals surface area contributed by atoms with Gasteiger partial charge in [-0.25, -0.2) is 4.98 Å². The van der Waals surface area contributed by atoms with Crippen LogP contribution in [0.25, 0.3) is 9.88 Å². The number of amides is 2. The fraction of sp³-hybridized carbons (Fsp3) is 0.300. The average molecular weight is 447 g/mol. The molecule has 0 bridgehead atoms. The summed E-state index contributed by atoms with van der Waals surface area (Å²) >= 11 is 8.99. The van der Waals surface area contributed by atoms with E-state index in [4.69, 9.17) is 11.6 Å². The van der Waals surface area contributed by atoms with Crippen LogP contribution in [0, 0.1) is 0 Å². The minimum absolute atomic E-state index is 0.0443. The van der Waals surface area contributed by atoms with E-state index in [2.05, 4.69) is 9.97 Å². The molecule has 4 rings (SSSR count). The Bertz CT molecular complexity index is 997. The molecule has 1 saturated heterocycles. The molecule has 0 N–H and O–H groups in total. The molecule has 6 nitrogen and oxygen atoms in total. The lowest BCUT2D eigenvalue weighted by atomic mass is 10.2. The first kappa shape index (κ1) is 20.0. The number of carbonyl (C=O) groups is 2. The van der Waals surface area contributed by atoms with Gasteiger partial charge in [-0.3, -0.25) is 14.6 Å². The van der Waals surface area contributed by atoms with Crippen LogP contribution in [0.3, 0.4) is 0 Å². The molecule has 0 saturated carbocycles.